The first-order valence-corrected chi connectivity index (χ1v) is 5.68. The van der Waals surface area contributed by atoms with Crippen LogP contribution < -0.4 is 4.90 Å². The molecule has 0 heterocycles. The van der Waals surface area contributed by atoms with Gasteiger partial charge in [0.2, 0.25) is 0 Å². The minimum Gasteiger partial charge on any atom is -0.390 e. The summed E-state index contributed by atoms with van der Waals surface area (Å²) in [4.78, 5) is 1.98. The van der Waals surface area contributed by atoms with Crippen molar-refractivity contribution in [3.8, 4) is 0 Å². The molecule has 1 aliphatic rings. The monoisotopic (exact) mass is 223 g/mol. The largest absolute Gasteiger partial charge is 0.390 e. The van der Waals surface area contributed by atoms with Gasteiger partial charge < -0.3 is 10.0 Å². The molecule has 1 N–H and O–H groups in total. The lowest BCUT2D eigenvalue weighted by Crippen LogP contribution is -2.14. The smallest absolute Gasteiger partial charge is 0.123 e. The molecule has 2 rings (SSSR count). The zero-order valence-corrected chi connectivity index (χ0v) is 9.83. The highest BCUT2D eigenvalue weighted by molar-refractivity contribution is 5.52. The highest BCUT2D eigenvalue weighted by atomic mass is 19.1. The van der Waals surface area contributed by atoms with Crippen molar-refractivity contribution in [2.45, 2.75) is 31.3 Å². The molecule has 0 aliphatic heterocycles. The molecule has 0 aromatic heterocycles. The third-order valence-electron chi connectivity index (χ3n) is 3.21. The van der Waals surface area contributed by atoms with Crippen LogP contribution in [-0.2, 0) is 6.42 Å². The number of nitrogens with zero attached hydrogens (tertiary/aromatic N) is 1. The van der Waals surface area contributed by atoms with Crippen LogP contribution in [-0.4, -0.2) is 24.8 Å². The van der Waals surface area contributed by atoms with E-state index in [2.05, 4.69) is 0 Å². The van der Waals surface area contributed by atoms with E-state index in [0.717, 1.165) is 36.9 Å². The van der Waals surface area contributed by atoms with Crippen LogP contribution in [0, 0.1) is 5.82 Å². The first-order valence-electron chi connectivity index (χ1n) is 5.68. The Kier molecular flexibility index (Phi) is 2.89. The molecule has 1 aliphatic carbocycles. The molecule has 0 saturated heterocycles. The van der Waals surface area contributed by atoms with Crippen LogP contribution in [0.4, 0.5) is 10.1 Å². The van der Waals surface area contributed by atoms with Crippen LogP contribution in [0.25, 0.3) is 0 Å². The molecule has 0 radical (unpaired) electrons. The second-order valence-corrected chi connectivity index (χ2v) is 4.89. The number of halogens is 1. The van der Waals surface area contributed by atoms with Crippen molar-refractivity contribution in [3.63, 3.8) is 0 Å². The van der Waals surface area contributed by atoms with Crippen molar-refractivity contribution in [1.29, 1.82) is 0 Å². The van der Waals surface area contributed by atoms with E-state index in [1.165, 1.54) is 6.07 Å². The van der Waals surface area contributed by atoms with E-state index in [4.69, 9.17) is 0 Å². The number of anilines is 1. The van der Waals surface area contributed by atoms with E-state index in [1.807, 2.05) is 19.0 Å². The molecule has 1 saturated carbocycles. The van der Waals surface area contributed by atoms with Crippen LogP contribution in [0.2, 0.25) is 0 Å². The maximum absolute atomic E-state index is 13.2. The van der Waals surface area contributed by atoms with Gasteiger partial charge in [0.05, 0.1) is 5.60 Å². The zero-order valence-electron chi connectivity index (χ0n) is 9.83. The molecule has 0 bridgehead atoms. The van der Waals surface area contributed by atoms with Crippen LogP contribution in [0.5, 0.6) is 0 Å². The second kappa shape index (κ2) is 4.06. The fourth-order valence-electron chi connectivity index (χ4n) is 1.95. The Morgan fingerprint density at radius 2 is 2.06 bits per heavy atom. The Bertz CT molecular complexity index is 386. The van der Waals surface area contributed by atoms with Gasteiger partial charge in [0.25, 0.3) is 0 Å². The number of aliphatic hydroxyl groups is 1. The van der Waals surface area contributed by atoms with Crippen LogP contribution in [0.3, 0.4) is 0 Å². The number of rotatable bonds is 4. The van der Waals surface area contributed by atoms with Crippen molar-refractivity contribution in [3.05, 3.63) is 29.6 Å². The number of benzene rings is 1. The normalized spacial score (nSPS) is 17.2. The highest BCUT2D eigenvalue weighted by Crippen LogP contribution is 2.39. The summed E-state index contributed by atoms with van der Waals surface area (Å²) < 4.78 is 13.2. The molecule has 1 aromatic carbocycles. The van der Waals surface area contributed by atoms with E-state index in [-0.39, 0.29) is 5.82 Å². The topological polar surface area (TPSA) is 23.5 Å². The summed E-state index contributed by atoms with van der Waals surface area (Å²) >= 11 is 0. The lowest BCUT2D eigenvalue weighted by atomic mass is 10.0. The lowest BCUT2D eigenvalue weighted by Gasteiger charge is -2.18. The first kappa shape index (κ1) is 11.4. The summed E-state index contributed by atoms with van der Waals surface area (Å²) in [5.41, 5.74) is 1.55. The zero-order chi connectivity index (χ0) is 11.8. The minimum atomic E-state index is -0.462. The SMILES string of the molecule is CN(C)c1ccc(F)cc1CCC1(O)CC1. The average molecular weight is 223 g/mol. The van der Waals surface area contributed by atoms with Crippen molar-refractivity contribution < 1.29 is 9.50 Å². The van der Waals surface area contributed by atoms with Crippen molar-refractivity contribution in [1.82, 2.24) is 0 Å². The Hall–Kier alpha value is -1.09. The summed E-state index contributed by atoms with van der Waals surface area (Å²) in [6.45, 7) is 0. The summed E-state index contributed by atoms with van der Waals surface area (Å²) in [6.07, 6.45) is 3.25. The van der Waals surface area contributed by atoms with E-state index in [0.29, 0.717) is 0 Å². The maximum Gasteiger partial charge on any atom is 0.123 e. The molecule has 2 nitrogen and oxygen atoms in total. The summed E-state index contributed by atoms with van der Waals surface area (Å²) in [5, 5.41) is 9.78. The van der Waals surface area contributed by atoms with Crippen LogP contribution >= 0.6 is 0 Å². The number of hydrogen-bond donors (Lipinski definition) is 1. The summed E-state index contributed by atoms with van der Waals surface area (Å²) in [6, 6.07) is 4.84. The number of aryl methyl sites for hydroxylation is 1. The van der Waals surface area contributed by atoms with Gasteiger partial charge in [-0.1, -0.05) is 0 Å². The molecular formula is C13H18FNO. The fourth-order valence-corrected chi connectivity index (χ4v) is 1.95. The predicted octanol–water partition coefficient (Wildman–Crippen LogP) is 2.35. The van der Waals surface area contributed by atoms with Gasteiger partial charge in [0.15, 0.2) is 0 Å². The van der Waals surface area contributed by atoms with E-state index < -0.39 is 5.60 Å². The Morgan fingerprint density at radius 1 is 1.38 bits per heavy atom. The number of hydrogen-bond acceptors (Lipinski definition) is 2. The summed E-state index contributed by atoms with van der Waals surface area (Å²) in [7, 11) is 3.89. The third kappa shape index (κ3) is 2.53. The quantitative estimate of drug-likeness (QED) is 0.847. The highest BCUT2D eigenvalue weighted by Gasteiger charge is 2.39. The molecule has 0 atom stereocenters. The van der Waals surface area contributed by atoms with Gasteiger partial charge in [-0.3, -0.25) is 0 Å². The molecule has 16 heavy (non-hydrogen) atoms. The van der Waals surface area contributed by atoms with Crippen molar-refractivity contribution >= 4 is 5.69 Å². The van der Waals surface area contributed by atoms with Gasteiger partial charge in [0.1, 0.15) is 5.82 Å². The molecule has 0 spiro atoms. The second-order valence-electron chi connectivity index (χ2n) is 4.89. The van der Waals surface area contributed by atoms with Crippen LogP contribution in [0.15, 0.2) is 18.2 Å². The van der Waals surface area contributed by atoms with E-state index in [1.54, 1.807) is 12.1 Å². The predicted molar refractivity (Wildman–Crippen MR) is 63.2 cm³/mol. The molecular weight excluding hydrogens is 205 g/mol. The van der Waals surface area contributed by atoms with Gasteiger partial charge in [-0.15, -0.1) is 0 Å². The first-order chi connectivity index (χ1) is 7.50. The van der Waals surface area contributed by atoms with Gasteiger partial charge in [-0.05, 0) is 49.4 Å². The van der Waals surface area contributed by atoms with Gasteiger partial charge >= 0.3 is 0 Å². The molecule has 0 amide bonds. The fraction of sp³-hybridized carbons (Fsp3) is 0.538. The van der Waals surface area contributed by atoms with Crippen molar-refractivity contribution in [2.75, 3.05) is 19.0 Å². The van der Waals surface area contributed by atoms with Gasteiger partial charge in [0, 0.05) is 19.8 Å². The molecule has 0 unspecified atom stereocenters. The third-order valence-corrected chi connectivity index (χ3v) is 3.21. The Balaban J connectivity index is 2.13. The maximum atomic E-state index is 13.2. The molecule has 1 aromatic rings. The summed E-state index contributed by atoms with van der Waals surface area (Å²) in [5.74, 6) is -0.205. The minimum absolute atomic E-state index is 0.205. The average Bonchev–Trinajstić information content (AvgIpc) is 2.94. The van der Waals surface area contributed by atoms with Crippen molar-refractivity contribution in [2.24, 2.45) is 0 Å². The Labute approximate surface area is 95.7 Å². The van der Waals surface area contributed by atoms with Crippen LogP contribution in [0.1, 0.15) is 24.8 Å². The molecule has 3 heteroatoms. The molecule has 1 fully saturated rings. The molecule has 88 valence electrons. The standard InChI is InChI=1S/C13H18FNO/c1-15(2)12-4-3-11(14)9-10(12)5-6-13(16)7-8-13/h3-4,9,16H,5-8H2,1-2H3. The lowest BCUT2D eigenvalue weighted by molar-refractivity contribution is 0.140. The Morgan fingerprint density at radius 3 is 2.62 bits per heavy atom. The van der Waals surface area contributed by atoms with Gasteiger partial charge in [-0.25, -0.2) is 4.39 Å². The van der Waals surface area contributed by atoms with E-state index >= 15 is 0 Å². The van der Waals surface area contributed by atoms with Gasteiger partial charge in [-0.2, -0.15) is 0 Å². The van der Waals surface area contributed by atoms with E-state index in [9.17, 15) is 9.50 Å².